The standard InChI is InChI=1S/C100H108O12Te/c1-97(73-37-61-33-62(39-73)40-74(97)38-61)109-93(101)57-105-89-29-25-81(53-85(89)69-17-9-5-10-18-69)113(82-26-30-90(86(54-82)70-19-11-6-12-20-70)106-58-94(102)110-98(2)75-41-63-34-64(43-75)44-76(98)42-63,83-27-31-91(87(55-83)71-21-13-7-14-22-71)107-59-95(103)111-99(3)77-45-65-35-66(47-77)48-78(99)46-65)84-28-32-92(88(56-84)72-23-15-8-16-24-72)108-60-96(104)112-100(4)79-49-67-36-68(51-79)52-80(100)50-67/h5-32,53-56,61-68,73-80H,33-52,57-60H2,1-4H3. The zero-order valence-electron chi connectivity index (χ0n) is 66.0. The average Bonchev–Trinajstić information content (AvgIpc) is 0.718. The molecule has 0 aromatic heterocycles. The number of esters is 4. The molecule has 113 heavy (non-hydrogen) atoms. The van der Waals surface area contributed by atoms with Gasteiger partial charge in [0.15, 0.2) is 0 Å². The van der Waals surface area contributed by atoms with Gasteiger partial charge in [0.2, 0.25) is 0 Å². The van der Waals surface area contributed by atoms with E-state index in [2.05, 4.69) is 149 Å². The predicted octanol–water partition coefficient (Wildman–Crippen LogP) is 18.3. The summed E-state index contributed by atoms with van der Waals surface area (Å²) < 4.78 is 58.6. The van der Waals surface area contributed by atoms with Crippen LogP contribution in [0.5, 0.6) is 23.0 Å². The number of carbonyl (C=O) groups excluding carboxylic acids is 4. The summed E-state index contributed by atoms with van der Waals surface area (Å²) >= 11 is -5.02. The van der Waals surface area contributed by atoms with Gasteiger partial charge < -0.3 is 0 Å². The van der Waals surface area contributed by atoms with Crippen LogP contribution < -0.4 is 33.4 Å². The molecule has 8 aromatic carbocycles. The fourth-order valence-corrected chi connectivity index (χ4v) is 37.4. The van der Waals surface area contributed by atoms with Gasteiger partial charge in [-0.25, -0.2) is 0 Å². The molecule has 8 aromatic rings. The van der Waals surface area contributed by atoms with Gasteiger partial charge in [0.25, 0.3) is 0 Å². The Bertz CT molecular complexity index is 4210. The summed E-state index contributed by atoms with van der Waals surface area (Å²) in [5.41, 5.74) is 4.65. The van der Waals surface area contributed by atoms with Crippen LogP contribution in [0, 0.1) is 94.7 Å². The van der Waals surface area contributed by atoms with Crippen LogP contribution in [0.25, 0.3) is 44.5 Å². The van der Waals surface area contributed by atoms with E-state index in [1.54, 1.807) is 0 Å². The van der Waals surface area contributed by atoms with Crippen LogP contribution in [-0.2, 0) is 38.1 Å². The first-order valence-electron chi connectivity index (χ1n) is 42.9. The van der Waals surface area contributed by atoms with E-state index in [-0.39, 0.29) is 50.3 Å². The van der Waals surface area contributed by atoms with Crippen LogP contribution in [0.15, 0.2) is 194 Å². The Hall–Kier alpha value is -8.37. The first-order chi connectivity index (χ1) is 54.9. The van der Waals surface area contributed by atoms with E-state index in [0.29, 0.717) is 118 Å². The third-order valence-electron chi connectivity index (χ3n) is 31.3. The zero-order chi connectivity index (χ0) is 76.5. The molecule has 24 rings (SSSR count). The Morgan fingerprint density at radius 1 is 0.257 bits per heavy atom. The third-order valence-corrected chi connectivity index (χ3v) is 42.3. The molecule has 12 nitrogen and oxygen atoms in total. The second-order valence-corrected chi connectivity index (χ2v) is 46.6. The molecule has 0 N–H and O–H groups in total. The van der Waals surface area contributed by atoms with E-state index in [0.717, 1.165) is 162 Å². The summed E-state index contributed by atoms with van der Waals surface area (Å²) in [6, 6.07) is 67.5. The number of ether oxygens (including phenoxy) is 8. The van der Waals surface area contributed by atoms with Gasteiger partial charge >= 0.3 is 649 Å². The van der Waals surface area contributed by atoms with Crippen LogP contribution >= 0.6 is 0 Å². The molecule has 0 amide bonds. The summed E-state index contributed by atoms with van der Waals surface area (Å²) in [6.45, 7) is 7.69. The maximum atomic E-state index is 14.6. The molecule has 0 atom stereocenters. The van der Waals surface area contributed by atoms with Crippen molar-refractivity contribution in [2.45, 2.75) is 179 Å². The van der Waals surface area contributed by atoms with Gasteiger partial charge in [0.05, 0.1) is 0 Å². The van der Waals surface area contributed by atoms with E-state index in [1.807, 2.05) is 72.8 Å². The topological polar surface area (TPSA) is 142 Å². The van der Waals surface area contributed by atoms with E-state index in [1.165, 1.54) is 25.7 Å². The number of carbonyl (C=O) groups is 4. The van der Waals surface area contributed by atoms with Crippen LogP contribution in [0.3, 0.4) is 0 Å². The van der Waals surface area contributed by atoms with Crippen LogP contribution in [-0.4, -0.2) is 90.9 Å². The normalized spacial score (nSPS) is 34.1. The number of benzene rings is 8. The van der Waals surface area contributed by atoms with Gasteiger partial charge in [-0.15, -0.1) is 0 Å². The SMILES string of the molecule is CC1(OC(=O)COc2ccc([Te](c3ccc(OCC(=O)OC4(C)C5CC6CC(C5)CC4C6)c(-c4ccccc4)c3)(c3ccc(OCC(=O)OC4(C)C5CC6CC(C5)CC4C6)c(-c4ccccc4)c3)c3ccc(OCC(=O)OC4(C)C5CC6CC(C5)CC4C6)c(-c4ccccc4)c3)cc2-c2ccccc2)C2CC3CC(C2)CC1C3. The molecule has 16 aliphatic rings. The first kappa shape index (κ1) is 73.5. The molecule has 0 radical (unpaired) electrons. The molecule has 16 bridgehead atoms. The Morgan fingerprint density at radius 2 is 0.434 bits per heavy atom. The van der Waals surface area contributed by atoms with Crippen LogP contribution in [0.4, 0.5) is 0 Å². The number of hydrogen-bond donors (Lipinski definition) is 0. The summed E-state index contributed by atoms with van der Waals surface area (Å²) in [4.78, 5) is 58.6. The van der Waals surface area contributed by atoms with Crippen molar-refractivity contribution in [1.82, 2.24) is 0 Å². The van der Waals surface area contributed by atoms with Crippen molar-refractivity contribution in [2.75, 3.05) is 26.4 Å². The fourth-order valence-electron chi connectivity index (χ4n) is 26.3. The summed E-state index contributed by atoms with van der Waals surface area (Å²) in [5.74, 6) is 9.22. The molecule has 16 aliphatic carbocycles. The predicted molar refractivity (Wildman–Crippen MR) is 440 cm³/mol. The molecule has 0 aliphatic heterocycles. The van der Waals surface area contributed by atoms with E-state index < -0.39 is 40.6 Å². The van der Waals surface area contributed by atoms with Gasteiger partial charge in [-0.1, -0.05) is 0 Å². The molecule has 0 unspecified atom stereocenters. The Morgan fingerprint density at radius 3 is 0.611 bits per heavy atom. The molecule has 13 heteroatoms. The molecule has 586 valence electrons. The zero-order valence-corrected chi connectivity index (χ0v) is 68.3. The summed E-state index contributed by atoms with van der Waals surface area (Å²) in [6.07, 6.45) is 23.0. The minimum atomic E-state index is -5.02. The summed E-state index contributed by atoms with van der Waals surface area (Å²) in [7, 11) is 0. The van der Waals surface area contributed by atoms with E-state index in [9.17, 15) is 19.2 Å². The van der Waals surface area contributed by atoms with Crippen molar-refractivity contribution in [1.29, 1.82) is 0 Å². The fraction of sp³-hybridized carbons (Fsp3) is 0.480. The quantitative estimate of drug-likeness (QED) is 0.0323. The van der Waals surface area contributed by atoms with Gasteiger partial charge in [0, 0.05) is 0 Å². The molecular formula is C100H108O12Te. The van der Waals surface area contributed by atoms with Gasteiger partial charge in [0.1, 0.15) is 0 Å². The maximum absolute atomic E-state index is 14.6. The second-order valence-electron chi connectivity index (χ2n) is 37.7. The van der Waals surface area contributed by atoms with Crippen molar-refractivity contribution in [3.05, 3.63) is 194 Å². The van der Waals surface area contributed by atoms with Crippen molar-refractivity contribution in [2.24, 2.45) is 94.7 Å². The van der Waals surface area contributed by atoms with Gasteiger partial charge in [-0.3, -0.25) is 0 Å². The second kappa shape index (κ2) is 29.1. The molecule has 0 saturated heterocycles. The molecule has 16 saturated carbocycles. The summed E-state index contributed by atoms with van der Waals surface area (Å²) in [5, 5.41) is 0. The van der Waals surface area contributed by atoms with Crippen molar-refractivity contribution in [3.8, 4) is 67.5 Å². The van der Waals surface area contributed by atoms with Crippen LogP contribution in [0.2, 0.25) is 0 Å². The van der Waals surface area contributed by atoms with Crippen molar-refractivity contribution in [3.63, 3.8) is 0 Å². The molecule has 0 heterocycles. The Balaban J connectivity index is 0.744. The number of rotatable bonds is 24. The van der Waals surface area contributed by atoms with Gasteiger partial charge in [-0.05, 0) is 25.7 Å². The number of hydrogen-bond acceptors (Lipinski definition) is 12. The molecule has 16 fully saturated rings. The van der Waals surface area contributed by atoms with Crippen LogP contribution in [0.1, 0.15) is 156 Å². The molecule has 0 spiro atoms. The first-order valence-corrected chi connectivity index (χ1v) is 47.5. The monoisotopic (exact) mass is 1630 g/mol. The Labute approximate surface area is 670 Å². The van der Waals surface area contributed by atoms with Crippen molar-refractivity contribution >= 4 is 56.5 Å². The van der Waals surface area contributed by atoms with Crippen molar-refractivity contribution < 1.29 is 57.1 Å². The average molecular weight is 1630 g/mol. The van der Waals surface area contributed by atoms with Gasteiger partial charge in [-0.2, -0.15) is 0 Å². The minimum absolute atomic E-state index is 0.266. The van der Waals surface area contributed by atoms with E-state index in [4.69, 9.17) is 37.9 Å². The Kier molecular flexibility index (Phi) is 18.9. The third kappa shape index (κ3) is 13.3. The van der Waals surface area contributed by atoms with E-state index >= 15 is 0 Å². The molecular weight excluding hydrogens is 1520 g/mol.